The molecule has 164 valence electrons. The van der Waals surface area contributed by atoms with Crippen molar-refractivity contribution in [2.45, 2.75) is 104 Å². The largest absolute Gasteiger partial charge is 0.289 e. The lowest BCUT2D eigenvalue weighted by atomic mass is 9.98. The number of rotatable bonds is 16. The van der Waals surface area contributed by atoms with E-state index in [0.29, 0.717) is 0 Å². The van der Waals surface area contributed by atoms with E-state index in [4.69, 9.17) is 0 Å². The molecule has 0 aliphatic heterocycles. The first-order valence-electron chi connectivity index (χ1n) is 12.5. The van der Waals surface area contributed by atoms with Crippen LogP contribution in [0.4, 0.5) is 0 Å². The number of hydrogen-bond acceptors (Lipinski definition) is 1. The van der Waals surface area contributed by atoms with Gasteiger partial charge in [-0.05, 0) is 36.8 Å². The molecular formula is C29H42O. The zero-order valence-corrected chi connectivity index (χ0v) is 19.4. The van der Waals surface area contributed by atoms with Crippen molar-refractivity contribution in [2.24, 2.45) is 0 Å². The van der Waals surface area contributed by atoms with Crippen LogP contribution >= 0.6 is 0 Å². The van der Waals surface area contributed by atoms with E-state index in [1.807, 2.05) is 24.3 Å². The van der Waals surface area contributed by atoms with Gasteiger partial charge in [0.1, 0.15) is 0 Å². The van der Waals surface area contributed by atoms with Gasteiger partial charge in [0.2, 0.25) is 0 Å². The summed E-state index contributed by atoms with van der Waals surface area (Å²) in [6.45, 7) is 4.52. The maximum absolute atomic E-state index is 12.8. The Hall–Kier alpha value is -1.89. The highest BCUT2D eigenvalue weighted by Gasteiger charge is 2.09. The van der Waals surface area contributed by atoms with Gasteiger partial charge in [0.25, 0.3) is 0 Å². The van der Waals surface area contributed by atoms with E-state index < -0.39 is 0 Å². The van der Waals surface area contributed by atoms with Crippen LogP contribution in [0.2, 0.25) is 0 Å². The van der Waals surface area contributed by atoms with Gasteiger partial charge in [0, 0.05) is 11.1 Å². The maximum atomic E-state index is 12.8. The van der Waals surface area contributed by atoms with Crippen molar-refractivity contribution in [1.82, 2.24) is 0 Å². The Morgan fingerprint density at radius 3 is 1.20 bits per heavy atom. The normalized spacial score (nSPS) is 11.0. The van der Waals surface area contributed by atoms with E-state index in [9.17, 15) is 4.79 Å². The smallest absolute Gasteiger partial charge is 0.193 e. The van der Waals surface area contributed by atoms with E-state index in [1.165, 1.54) is 88.2 Å². The lowest BCUT2D eigenvalue weighted by Gasteiger charge is -2.06. The molecule has 1 nitrogen and oxygen atoms in total. The first kappa shape index (κ1) is 24.4. The molecule has 0 saturated carbocycles. The average molecular weight is 407 g/mol. The Kier molecular flexibility index (Phi) is 12.2. The topological polar surface area (TPSA) is 17.1 Å². The number of ketones is 1. The molecule has 0 fully saturated rings. The Labute approximate surface area is 185 Å². The summed E-state index contributed by atoms with van der Waals surface area (Å²) in [5.41, 5.74) is 4.28. The summed E-state index contributed by atoms with van der Waals surface area (Å²) >= 11 is 0. The summed E-state index contributed by atoms with van der Waals surface area (Å²) in [5, 5.41) is 0. The number of benzene rings is 2. The third kappa shape index (κ3) is 9.28. The second-order valence-electron chi connectivity index (χ2n) is 8.76. The number of aryl methyl sites for hydroxylation is 2. The molecule has 0 bridgehead atoms. The van der Waals surface area contributed by atoms with Gasteiger partial charge in [-0.25, -0.2) is 0 Å². The van der Waals surface area contributed by atoms with Gasteiger partial charge in [0.05, 0.1) is 0 Å². The summed E-state index contributed by atoms with van der Waals surface area (Å²) in [4.78, 5) is 12.8. The molecule has 30 heavy (non-hydrogen) atoms. The summed E-state index contributed by atoms with van der Waals surface area (Å²) in [7, 11) is 0. The first-order chi connectivity index (χ1) is 14.7. The van der Waals surface area contributed by atoms with Crippen molar-refractivity contribution in [1.29, 1.82) is 0 Å². The highest BCUT2D eigenvalue weighted by Crippen LogP contribution is 2.16. The van der Waals surface area contributed by atoms with Crippen LogP contribution in [-0.4, -0.2) is 5.78 Å². The van der Waals surface area contributed by atoms with Crippen LogP contribution in [0.15, 0.2) is 48.5 Å². The fourth-order valence-electron chi connectivity index (χ4n) is 4.03. The summed E-state index contributed by atoms with van der Waals surface area (Å²) < 4.78 is 0. The van der Waals surface area contributed by atoms with Gasteiger partial charge in [-0.1, -0.05) is 127 Å². The molecule has 0 amide bonds. The minimum absolute atomic E-state index is 0.132. The molecule has 0 unspecified atom stereocenters. The first-order valence-corrected chi connectivity index (χ1v) is 12.5. The van der Waals surface area contributed by atoms with Crippen LogP contribution < -0.4 is 0 Å². The molecule has 0 aliphatic rings. The highest BCUT2D eigenvalue weighted by atomic mass is 16.1. The van der Waals surface area contributed by atoms with Crippen molar-refractivity contribution in [3.05, 3.63) is 70.8 Å². The van der Waals surface area contributed by atoms with Crippen molar-refractivity contribution >= 4 is 5.78 Å². The average Bonchev–Trinajstić information content (AvgIpc) is 2.79. The van der Waals surface area contributed by atoms with Gasteiger partial charge in [-0.15, -0.1) is 0 Å². The highest BCUT2D eigenvalue weighted by molar-refractivity contribution is 6.08. The zero-order chi connectivity index (χ0) is 21.4. The minimum Gasteiger partial charge on any atom is -0.289 e. The molecule has 0 spiro atoms. The van der Waals surface area contributed by atoms with Crippen LogP contribution in [-0.2, 0) is 12.8 Å². The van der Waals surface area contributed by atoms with E-state index >= 15 is 0 Å². The van der Waals surface area contributed by atoms with Crippen molar-refractivity contribution in [3.8, 4) is 0 Å². The van der Waals surface area contributed by atoms with Crippen LogP contribution in [0.3, 0.4) is 0 Å². The molecule has 0 aliphatic carbocycles. The molecule has 0 atom stereocenters. The van der Waals surface area contributed by atoms with Crippen molar-refractivity contribution in [2.75, 3.05) is 0 Å². The molecule has 0 N–H and O–H groups in total. The number of hydrogen-bond donors (Lipinski definition) is 0. The number of carbonyl (C=O) groups excluding carboxylic acids is 1. The molecule has 0 saturated heterocycles. The van der Waals surface area contributed by atoms with Gasteiger partial charge >= 0.3 is 0 Å². The number of unbranched alkanes of at least 4 members (excludes halogenated alkanes) is 10. The molecule has 0 heterocycles. The minimum atomic E-state index is 0.132. The third-order valence-corrected chi connectivity index (χ3v) is 6.07. The SMILES string of the molecule is CCCCCCCCc1ccc(C(=O)c2ccc(CCCCCCCC)cc2)cc1. The molecule has 1 heteroatoms. The Balaban J connectivity index is 1.75. The van der Waals surface area contributed by atoms with E-state index in [2.05, 4.69) is 38.1 Å². The van der Waals surface area contributed by atoms with Gasteiger partial charge in [-0.3, -0.25) is 4.79 Å². The fraction of sp³-hybridized carbons (Fsp3) is 0.552. The summed E-state index contributed by atoms with van der Waals surface area (Å²) in [5.74, 6) is 0.132. The quantitative estimate of drug-likeness (QED) is 0.201. The third-order valence-electron chi connectivity index (χ3n) is 6.07. The Morgan fingerprint density at radius 1 is 0.500 bits per heavy atom. The van der Waals surface area contributed by atoms with Crippen LogP contribution in [0.25, 0.3) is 0 Å². The fourth-order valence-corrected chi connectivity index (χ4v) is 4.03. The van der Waals surface area contributed by atoms with Gasteiger partial charge in [0.15, 0.2) is 5.78 Å². The molecule has 2 rings (SSSR count). The molecule has 2 aromatic rings. The van der Waals surface area contributed by atoms with Crippen LogP contribution in [0, 0.1) is 0 Å². The predicted molar refractivity (Wildman–Crippen MR) is 130 cm³/mol. The van der Waals surface area contributed by atoms with Crippen molar-refractivity contribution < 1.29 is 4.79 Å². The number of carbonyl (C=O) groups is 1. The summed E-state index contributed by atoms with van der Waals surface area (Å²) in [6.07, 6.45) is 18.1. The van der Waals surface area contributed by atoms with Gasteiger partial charge in [-0.2, -0.15) is 0 Å². The van der Waals surface area contributed by atoms with E-state index in [0.717, 1.165) is 24.0 Å². The second-order valence-corrected chi connectivity index (χ2v) is 8.76. The Morgan fingerprint density at radius 2 is 0.833 bits per heavy atom. The lowest BCUT2D eigenvalue weighted by molar-refractivity contribution is 0.103. The maximum Gasteiger partial charge on any atom is 0.193 e. The second kappa shape index (κ2) is 15.0. The molecular weight excluding hydrogens is 364 g/mol. The van der Waals surface area contributed by atoms with Crippen molar-refractivity contribution in [3.63, 3.8) is 0 Å². The summed E-state index contributed by atoms with van der Waals surface area (Å²) in [6, 6.07) is 16.5. The van der Waals surface area contributed by atoms with E-state index in [1.54, 1.807) is 0 Å². The molecule has 0 aromatic heterocycles. The molecule has 2 aromatic carbocycles. The Bertz CT molecular complexity index is 635. The van der Waals surface area contributed by atoms with E-state index in [-0.39, 0.29) is 5.78 Å². The van der Waals surface area contributed by atoms with Gasteiger partial charge < -0.3 is 0 Å². The van der Waals surface area contributed by atoms with Crippen LogP contribution in [0.1, 0.15) is 118 Å². The zero-order valence-electron chi connectivity index (χ0n) is 19.4. The van der Waals surface area contributed by atoms with Crippen LogP contribution in [0.5, 0.6) is 0 Å². The standard InChI is InChI=1S/C29H42O/c1-3-5-7-9-11-13-15-25-17-21-27(22-18-25)29(30)28-23-19-26(20-24-28)16-14-12-10-8-6-4-2/h17-24H,3-16H2,1-2H3. The monoisotopic (exact) mass is 406 g/mol. The lowest BCUT2D eigenvalue weighted by Crippen LogP contribution is -2.02. The predicted octanol–water partition coefficient (Wildman–Crippen LogP) is 8.72. The molecule has 0 radical (unpaired) electrons.